The maximum atomic E-state index is 6.17. The smallest absolute Gasteiger partial charge is 0.246 e. The zero-order chi connectivity index (χ0) is 19.3. The first-order chi connectivity index (χ1) is 13.6. The van der Waals surface area contributed by atoms with Gasteiger partial charge in [-0.3, -0.25) is 4.68 Å². The Hall–Kier alpha value is -3.43. The number of nitrogens with zero attached hydrogens (tertiary/aromatic N) is 8. The summed E-state index contributed by atoms with van der Waals surface area (Å²) >= 11 is 0. The average molecular weight is 379 g/mol. The van der Waals surface area contributed by atoms with Crippen molar-refractivity contribution in [1.29, 1.82) is 0 Å². The first kappa shape index (κ1) is 16.7. The molecule has 0 radical (unpaired) electrons. The Morgan fingerprint density at radius 2 is 2.18 bits per heavy atom. The first-order valence-corrected chi connectivity index (χ1v) is 9.26. The Morgan fingerprint density at radius 3 is 2.93 bits per heavy atom. The molecule has 1 fully saturated rings. The molecule has 144 valence electrons. The molecule has 1 saturated heterocycles. The molecule has 10 heteroatoms. The SMILES string of the molecule is Cc1c(-c2ncco2)nc(N)c2nc([C@H]3CCCN(c4cnn(C)c4)C3)nn12. The van der Waals surface area contributed by atoms with Crippen LogP contribution in [0.4, 0.5) is 11.5 Å². The van der Waals surface area contributed by atoms with Crippen molar-refractivity contribution in [2.24, 2.45) is 7.05 Å². The van der Waals surface area contributed by atoms with E-state index in [-0.39, 0.29) is 5.92 Å². The van der Waals surface area contributed by atoms with E-state index in [0.717, 1.165) is 43.1 Å². The number of fused-ring (bicyclic) bond motifs is 1. The summed E-state index contributed by atoms with van der Waals surface area (Å²) in [6.07, 6.45) is 9.13. The second-order valence-corrected chi connectivity index (χ2v) is 7.13. The average Bonchev–Trinajstić information content (AvgIpc) is 3.44. The Kier molecular flexibility index (Phi) is 3.78. The highest BCUT2D eigenvalue weighted by Crippen LogP contribution is 2.30. The third kappa shape index (κ3) is 2.68. The molecular formula is C18H21N9O. The van der Waals surface area contributed by atoms with E-state index in [1.54, 1.807) is 10.7 Å². The number of hydrogen-bond donors (Lipinski definition) is 1. The lowest BCUT2D eigenvalue weighted by Gasteiger charge is -2.32. The number of nitrogens with two attached hydrogens (primary N) is 1. The van der Waals surface area contributed by atoms with Crippen molar-refractivity contribution in [3.8, 4) is 11.6 Å². The van der Waals surface area contributed by atoms with Crippen LogP contribution in [0.25, 0.3) is 17.2 Å². The lowest BCUT2D eigenvalue weighted by atomic mass is 9.97. The molecule has 5 heterocycles. The Morgan fingerprint density at radius 1 is 1.29 bits per heavy atom. The zero-order valence-electron chi connectivity index (χ0n) is 15.8. The molecule has 0 bridgehead atoms. The predicted octanol–water partition coefficient (Wildman–Crippen LogP) is 1.79. The Balaban J connectivity index is 1.51. The van der Waals surface area contributed by atoms with Crippen LogP contribution in [-0.4, -0.2) is 47.4 Å². The van der Waals surface area contributed by atoms with Crippen LogP contribution in [0, 0.1) is 6.92 Å². The van der Waals surface area contributed by atoms with Gasteiger partial charge in [-0.2, -0.15) is 10.2 Å². The van der Waals surface area contributed by atoms with Gasteiger partial charge in [-0.25, -0.2) is 19.5 Å². The number of hydrogen-bond acceptors (Lipinski definition) is 8. The van der Waals surface area contributed by atoms with E-state index in [0.29, 0.717) is 23.0 Å². The van der Waals surface area contributed by atoms with Gasteiger partial charge in [-0.15, -0.1) is 0 Å². The van der Waals surface area contributed by atoms with Crippen LogP contribution in [0.2, 0.25) is 0 Å². The van der Waals surface area contributed by atoms with E-state index >= 15 is 0 Å². The van der Waals surface area contributed by atoms with E-state index in [4.69, 9.17) is 20.2 Å². The molecule has 0 spiro atoms. The van der Waals surface area contributed by atoms with Crippen molar-refractivity contribution in [2.75, 3.05) is 23.7 Å². The normalized spacial score (nSPS) is 17.5. The van der Waals surface area contributed by atoms with E-state index in [1.807, 2.05) is 31.0 Å². The standard InChI is InChI=1S/C18H21N9O/c1-11-14(18-20-5-7-28-18)22-15(19)17-23-16(24-27(11)17)12-4-3-6-26(9-12)13-8-21-25(2)10-13/h5,7-8,10,12H,3-4,6,9H2,1-2H3,(H2,19,22)/t12-/m0/s1. The van der Waals surface area contributed by atoms with E-state index in [1.165, 1.54) is 6.26 Å². The van der Waals surface area contributed by atoms with Crippen LogP contribution in [-0.2, 0) is 7.05 Å². The van der Waals surface area contributed by atoms with Gasteiger partial charge in [0.1, 0.15) is 12.0 Å². The predicted molar refractivity (Wildman–Crippen MR) is 103 cm³/mol. The van der Waals surface area contributed by atoms with Gasteiger partial charge in [-0.1, -0.05) is 0 Å². The molecule has 0 aliphatic carbocycles. The van der Waals surface area contributed by atoms with Crippen molar-refractivity contribution in [2.45, 2.75) is 25.7 Å². The maximum absolute atomic E-state index is 6.17. The summed E-state index contributed by atoms with van der Waals surface area (Å²) in [5.41, 5.74) is 9.24. The summed E-state index contributed by atoms with van der Waals surface area (Å²) in [5.74, 6) is 1.74. The minimum Gasteiger partial charge on any atom is -0.443 e. The molecule has 10 nitrogen and oxygen atoms in total. The van der Waals surface area contributed by atoms with Gasteiger partial charge in [0.2, 0.25) is 5.89 Å². The van der Waals surface area contributed by atoms with Gasteiger partial charge >= 0.3 is 0 Å². The minimum absolute atomic E-state index is 0.220. The summed E-state index contributed by atoms with van der Waals surface area (Å²) in [5, 5.41) is 9.05. The van der Waals surface area contributed by atoms with Gasteiger partial charge in [0.05, 0.1) is 23.8 Å². The zero-order valence-corrected chi connectivity index (χ0v) is 15.8. The Bertz CT molecular complexity index is 1130. The summed E-state index contributed by atoms with van der Waals surface area (Å²) in [6, 6.07) is 0. The fourth-order valence-corrected chi connectivity index (χ4v) is 3.79. The van der Waals surface area contributed by atoms with Crippen molar-refractivity contribution < 1.29 is 4.42 Å². The highest BCUT2D eigenvalue weighted by molar-refractivity contribution is 5.66. The molecule has 0 unspecified atom stereocenters. The van der Waals surface area contributed by atoms with Crippen molar-refractivity contribution in [3.63, 3.8) is 0 Å². The van der Waals surface area contributed by atoms with Gasteiger partial charge in [0, 0.05) is 32.3 Å². The maximum Gasteiger partial charge on any atom is 0.246 e. The lowest BCUT2D eigenvalue weighted by molar-refractivity contribution is 0.491. The van der Waals surface area contributed by atoms with Crippen LogP contribution < -0.4 is 10.6 Å². The molecule has 1 aliphatic rings. The van der Waals surface area contributed by atoms with Crippen LogP contribution in [0.1, 0.15) is 30.3 Å². The molecule has 0 saturated carbocycles. The highest BCUT2D eigenvalue weighted by atomic mass is 16.3. The number of piperidine rings is 1. The number of aryl methyl sites for hydroxylation is 2. The monoisotopic (exact) mass is 379 g/mol. The second kappa shape index (κ2) is 6.32. The Labute approximate surface area is 161 Å². The molecule has 4 aromatic heterocycles. The largest absolute Gasteiger partial charge is 0.443 e. The summed E-state index contributed by atoms with van der Waals surface area (Å²) < 4.78 is 8.96. The number of anilines is 2. The van der Waals surface area contributed by atoms with Gasteiger partial charge in [0.25, 0.3) is 0 Å². The molecule has 5 rings (SSSR count). The number of nitrogen functional groups attached to an aromatic ring is 1. The van der Waals surface area contributed by atoms with E-state index in [2.05, 4.69) is 20.0 Å². The topological polar surface area (TPSA) is 116 Å². The van der Waals surface area contributed by atoms with Crippen molar-refractivity contribution >= 4 is 17.2 Å². The van der Waals surface area contributed by atoms with Crippen LogP contribution in [0.3, 0.4) is 0 Å². The highest BCUT2D eigenvalue weighted by Gasteiger charge is 2.27. The minimum atomic E-state index is 0.220. The fourth-order valence-electron chi connectivity index (χ4n) is 3.79. The van der Waals surface area contributed by atoms with Crippen LogP contribution in [0.15, 0.2) is 29.3 Å². The molecular weight excluding hydrogens is 358 g/mol. The lowest BCUT2D eigenvalue weighted by Crippen LogP contribution is -2.34. The molecule has 4 aromatic rings. The second-order valence-electron chi connectivity index (χ2n) is 7.13. The molecule has 0 amide bonds. The van der Waals surface area contributed by atoms with Crippen LogP contribution >= 0.6 is 0 Å². The van der Waals surface area contributed by atoms with Gasteiger partial charge in [0.15, 0.2) is 17.3 Å². The molecule has 2 N–H and O–H groups in total. The summed E-state index contributed by atoms with van der Waals surface area (Å²) in [6.45, 7) is 3.77. The van der Waals surface area contributed by atoms with Crippen molar-refractivity contribution in [1.82, 2.24) is 34.3 Å². The van der Waals surface area contributed by atoms with E-state index in [9.17, 15) is 0 Å². The number of rotatable bonds is 3. The molecule has 1 atom stereocenters. The molecule has 0 aromatic carbocycles. The molecule has 28 heavy (non-hydrogen) atoms. The van der Waals surface area contributed by atoms with Gasteiger partial charge < -0.3 is 15.1 Å². The van der Waals surface area contributed by atoms with Gasteiger partial charge in [-0.05, 0) is 19.8 Å². The number of aromatic nitrogens is 7. The first-order valence-electron chi connectivity index (χ1n) is 9.26. The van der Waals surface area contributed by atoms with Crippen molar-refractivity contribution in [3.05, 3.63) is 36.4 Å². The third-order valence-electron chi connectivity index (χ3n) is 5.22. The number of oxazole rings is 1. The molecule has 1 aliphatic heterocycles. The quantitative estimate of drug-likeness (QED) is 0.573. The third-order valence-corrected chi connectivity index (χ3v) is 5.22. The summed E-state index contributed by atoms with van der Waals surface area (Å²) in [7, 11) is 1.93. The van der Waals surface area contributed by atoms with Crippen LogP contribution in [0.5, 0.6) is 0 Å². The van der Waals surface area contributed by atoms with E-state index < -0.39 is 0 Å². The summed E-state index contributed by atoms with van der Waals surface area (Å²) in [4.78, 5) is 15.7. The fraction of sp³-hybridized carbons (Fsp3) is 0.389.